The van der Waals surface area contributed by atoms with E-state index in [2.05, 4.69) is 11.9 Å². The summed E-state index contributed by atoms with van der Waals surface area (Å²) in [6.45, 7) is 5.24. The van der Waals surface area contributed by atoms with Gasteiger partial charge in [0.05, 0.1) is 0 Å². The summed E-state index contributed by atoms with van der Waals surface area (Å²) in [6.07, 6.45) is 5.87. The van der Waals surface area contributed by atoms with Crippen LogP contribution < -0.4 is 5.32 Å². The molecule has 1 fully saturated rings. The van der Waals surface area contributed by atoms with Crippen LogP contribution in [0.3, 0.4) is 0 Å². The fourth-order valence-electron chi connectivity index (χ4n) is 1.66. The van der Waals surface area contributed by atoms with Crippen LogP contribution in [0, 0.1) is 0 Å². The Bertz CT molecular complexity index is 243. The number of hydrogen-bond donors (Lipinski definition) is 1. The number of amides is 2. The molecule has 0 atom stereocenters. The molecule has 0 aromatic carbocycles. The van der Waals surface area contributed by atoms with E-state index in [0.717, 1.165) is 25.7 Å². The van der Waals surface area contributed by atoms with Crippen LogP contribution in [-0.4, -0.2) is 36.3 Å². The van der Waals surface area contributed by atoms with Crippen molar-refractivity contribution in [2.45, 2.75) is 25.7 Å². The summed E-state index contributed by atoms with van der Waals surface area (Å²) in [5, 5.41) is 2.50. The van der Waals surface area contributed by atoms with E-state index in [9.17, 15) is 9.59 Å². The van der Waals surface area contributed by atoms with Crippen molar-refractivity contribution in [3.05, 3.63) is 12.7 Å². The van der Waals surface area contributed by atoms with Crippen LogP contribution in [0.4, 0.5) is 0 Å². The van der Waals surface area contributed by atoms with Gasteiger partial charge in [-0.25, -0.2) is 0 Å². The summed E-state index contributed by atoms with van der Waals surface area (Å²) in [5.74, 6) is -0.921. The zero-order valence-corrected chi connectivity index (χ0v) is 9.00. The minimum Gasteiger partial charge on any atom is -0.344 e. The lowest BCUT2D eigenvalue weighted by Crippen LogP contribution is -2.43. The normalized spacial score (nSPS) is 16.7. The molecule has 4 heteroatoms. The molecular weight excluding hydrogens is 192 g/mol. The lowest BCUT2D eigenvalue weighted by Gasteiger charge is -2.19. The Morgan fingerprint density at radius 2 is 1.80 bits per heavy atom. The van der Waals surface area contributed by atoms with Crippen LogP contribution in [0.25, 0.3) is 0 Å². The van der Waals surface area contributed by atoms with E-state index in [1.165, 1.54) is 0 Å². The van der Waals surface area contributed by atoms with Gasteiger partial charge in [0.1, 0.15) is 0 Å². The molecule has 1 saturated heterocycles. The van der Waals surface area contributed by atoms with Crippen molar-refractivity contribution >= 4 is 11.8 Å². The van der Waals surface area contributed by atoms with Gasteiger partial charge < -0.3 is 10.2 Å². The molecule has 1 heterocycles. The van der Waals surface area contributed by atoms with Crippen molar-refractivity contribution in [2.75, 3.05) is 19.6 Å². The highest BCUT2D eigenvalue weighted by Crippen LogP contribution is 2.09. The van der Waals surface area contributed by atoms with E-state index < -0.39 is 11.8 Å². The van der Waals surface area contributed by atoms with Crippen molar-refractivity contribution in [2.24, 2.45) is 0 Å². The maximum absolute atomic E-state index is 11.6. The Hall–Kier alpha value is -1.32. The molecule has 1 aliphatic heterocycles. The van der Waals surface area contributed by atoms with Crippen LogP contribution in [-0.2, 0) is 9.59 Å². The van der Waals surface area contributed by atoms with Crippen molar-refractivity contribution in [1.29, 1.82) is 0 Å². The highest BCUT2D eigenvalue weighted by Gasteiger charge is 2.21. The van der Waals surface area contributed by atoms with E-state index in [1.54, 1.807) is 11.0 Å². The number of rotatable bonds is 2. The molecule has 0 bridgehead atoms. The van der Waals surface area contributed by atoms with Gasteiger partial charge in [-0.1, -0.05) is 18.9 Å². The maximum atomic E-state index is 11.6. The van der Waals surface area contributed by atoms with Crippen LogP contribution >= 0.6 is 0 Å². The largest absolute Gasteiger partial charge is 0.344 e. The molecule has 2 amide bonds. The average molecular weight is 210 g/mol. The molecular formula is C11H18N2O2. The lowest BCUT2D eigenvalue weighted by atomic mass is 10.2. The Morgan fingerprint density at radius 3 is 2.33 bits per heavy atom. The molecule has 0 radical (unpaired) electrons. The summed E-state index contributed by atoms with van der Waals surface area (Å²) >= 11 is 0. The third kappa shape index (κ3) is 3.73. The standard InChI is InChI=1S/C11H18N2O2/c1-2-7-12-10(14)11(15)13-8-5-3-4-6-9-13/h2H,1,3-9H2,(H,12,14). The first-order valence-corrected chi connectivity index (χ1v) is 5.43. The van der Waals surface area contributed by atoms with Crippen LogP contribution in [0.2, 0.25) is 0 Å². The molecule has 0 spiro atoms. The summed E-state index contributed by atoms with van der Waals surface area (Å²) < 4.78 is 0. The smallest absolute Gasteiger partial charge is 0.311 e. The first-order chi connectivity index (χ1) is 7.25. The van der Waals surface area contributed by atoms with Crippen LogP contribution in [0.1, 0.15) is 25.7 Å². The Labute approximate surface area is 90.3 Å². The van der Waals surface area contributed by atoms with Crippen molar-refractivity contribution in [1.82, 2.24) is 10.2 Å². The Balaban J connectivity index is 2.42. The number of likely N-dealkylation sites (tertiary alicyclic amines) is 1. The molecule has 15 heavy (non-hydrogen) atoms. The number of nitrogens with one attached hydrogen (secondary N) is 1. The second-order valence-corrected chi connectivity index (χ2v) is 3.71. The van der Waals surface area contributed by atoms with E-state index in [1.807, 2.05) is 0 Å². The number of carbonyl (C=O) groups excluding carboxylic acids is 2. The van der Waals surface area contributed by atoms with E-state index in [-0.39, 0.29) is 0 Å². The van der Waals surface area contributed by atoms with Crippen molar-refractivity contribution in [3.8, 4) is 0 Å². The molecule has 0 unspecified atom stereocenters. The van der Waals surface area contributed by atoms with Gasteiger partial charge in [-0.05, 0) is 12.8 Å². The second-order valence-electron chi connectivity index (χ2n) is 3.71. The number of hydrogen-bond acceptors (Lipinski definition) is 2. The highest BCUT2D eigenvalue weighted by atomic mass is 16.2. The third-order valence-electron chi connectivity index (χ3n) is 2.49. The molecule has 0 aromatic heterocycles. The molecule has 1 aliphatic rings. The molecule has 4 nitrogen and oxygen atoms in total. The van der Waals surface area contributed by atoms with Gasteiger partial charge in [0.2, 0.25) is 0 Å². The van der Waals surface area contributed by atoms with Crippen LogP contribution in [0.15, 0.2) is 12.7 Å². The number of nitrogens with zero attached hydrogens (tertiary/aromatic N) is 1. The molecule has 0 aliphatic carbocycles. The topological polar surface area (TPSA) is 49.4 Å². The average Bonchev–Trinajstić information content (AvgIpc) is 2.53. The van der Waals surface area contributed by atoms with E-state index in [4.69, 9.17) is 0 Å². The highest BCUT2D eigenvalue weighted by molar-refractivity contribution is 6.35. The fraction of sp³-hybridized carbons (Fsp3) is 0.636. The summed E-state index contributed by atoms with van der Waals surface area (Å²) in [4.78, 5) is 24.6. The van der Waals surface area contributed by atoms with Gasteiger partial charge in [-0.3, -0.25) is 9.59 Å². The van der Waals surface area contributed by atoms with E-state index >= 15 is 0 Å². The predicted molar refractivity (Wildman–Crippen MR) is 58.3 cm³/mol. The summed E-state index contributed by atoms with van der Waals surface area (Å²) in [7, 11) is 0. The molecule has 1 rings (SSSR count). The lowest BCUT2D eigenvalue weighted by molar-refractivity contribution is -0.145. The minimum atomic E-state index is -0.517. The molecule has 84 valence electrons. The monoisotopic (exact) mass is 210 g/mol. The van der Waals surface area contributed by atoms with Crippen molar-refractivity contribution in [3.63, 3.8) is 0 Å². The first-order valence-electron chi connectivity index (χ1n) is 5.43. The van der Waals surface area contributed by atoms with Gasteiger partial charge >= 0.3 is 11.8 Å². The zero-order chi connectivity index (χ0) is 11.1. The molecule has 0 saturated carbocycles. The number of carbonyl (C=O) groups is 2. The fourth-order valence-corrected chi connectivity index (χ4v) is 1.66. The van der Waals surface area contributed by atoms with Crippen molar-refractivity contribution < 1.29 is 9.59 Å². The Morgan fingerprint density at radius 1 is 1.20 bits per heavy atom. The van der Waals surface area contributed by atoms with Crippen LogP contribution in [0.5, 0.6) is 0 Å². The third-order valence-corrected chi connectivity index (χ3v) is 2.49. The summed E-state index contributed by atoms with van der Waals surface area (Å²) in [6, 6.07) is 0. The molecule has 1 N–H and O–H groups in total. The maximum Gasteiger partial charge on any atom is 0.311 e. The van der Waals surface area contributed by atoms with E-state index in [0.29, 0.717) is 19.6 Å². The molecule has 0 aromatic rings. The quantitative estimate of drug-likeness (QED) is 0.538. The minimum absolute atomic E-state index is 0.346. The first kappa shape index (κ1) is 11.8. The second kappa shape index (κ2) is 6.22. The zero-order valence-electron chi connectivity index (χ0n) is 9.00. The van der Waals surface area contributed by atoms with Gasteiger partial charge in [0.25, 0.3) is 0 Å². The van der Waals surface area contributed by atoms with Gasteiger partial charge in [0, 0.05) is 19.6 Å². The van der Waals surface area contributed by atoms with Gasteiger partial charge in [0.15, 0.2) is 0 Å². The van der Waals surface area contributed by atoms with Gasteiger partial charge in [-0.2, -0.15) is 0 Å². The summed E-state index contributed by atoms with van der Waals surface area (Å²) in [5.41, 5.74) is 0. The SMILES string of the molecule is C=CCNC(=O)C(=O)N1CCCCCC1. The Kier molecular flexibility index (Phi) is 4.87. The predicted octanol–water partition coefficient (Wildman–Crippen LogP) is 0.691. The van der Waals surface area contributed by atoms with Gasteiger partial charge in [-0.15, -0.1) is 6.58 Å².